The summed E-state index contributed by atoms with van der Waals surface area (Å²) >= 11 is 1.15. The number of likely N-dealkylation sites (tertiary alicyclic amines) is 1. The highest BCUT2D eigenvalue weighted by Gasteiger charge is 2.46. The zero-order chi connectivity index (χ0) is 53.4. The fourth-order valence-corrected chi connectivity index (χ4v) is 12.4. The Kier molecular flexibility index (Phi) is 18.0. The van der Waals surface area contributed by atoms with Crippen molar-refractivity contribution in [3.63, 3.8) is 0 Å². The molecule has 0 spiro atoms. The van der Waals surface area contributed by atoms with Crippen molar-refractivity contribution in [2.75, 3.05) is 42.6 Å². The lowest BCUT2D eigenvalue weighted by molar-refractivity contribution is -0.438. The summed E-state index contributed by atoms with van der Waals surface area (Å²) in [7, 11) is -4.03. The summed E-state index contributed by atoms with van der Waals surface area (Å²) in [5.74, 6) is -1.72. The number of nitrogens with two attached hydrogens (primary N) is 1. The van der Waals surface area contributed by atoms with E-state index in [0.717, 1.165) is 47.4 Å². The normalized spacial score (nSPS) is 18.7. The van der Waals surface area contributed by atoms with E-state index in [0.29, 0.717) is 32.2 Å². The summed E-state index contributed by atoms with van der Waals surface area (Å²) in [6, 6.07) is 24.0. The molecule has 3 atom stereocenters. The molecule has 1 saturated heterocycles. The van der Waals surface area contributed by atoms with Crippen LogP contribution >= 0.6 is 11.8 Å². The Balaban J connectivity index is 0.961. The molecule has 3 aliphatic rings. The SMILES string of the molecule is CC(=O)[C@H](CSC1CC(=O)N(CCNC(=O)CCCCC[N+]2=C(/C=C/C=C/C=C/C=C3/N(CCCCS(=O)(=O)O)c4ccc5ccccc5c4C3(C)C)C(C)(C)c3c2ccc2ccccc32)C1=O)NC(=O)[C@H](C)N. The molecular weight excluding hydrogens is 973 g/mol. The van der Waals surface area contributed by atoms with E-state index in [4.69, 9.17) is 5.73 Å². The average Bonchev–Trinajstić information content (AvgIpc) is 3.85. The smallest absolute Gasteiger partial charge is 0.264 e. The quantitative estimate of drug-likeness (QED) is 0.0173. The van der Waals surface area contributed by atoms with Crippen LogP contribution in [0.25, 0.3) is 21.5 Å². The van der Waals surface area contributed by atoms with Crippen LogP contribution in [0.5, 0.6) is 0 Å². The minimum absolute atomic E-state index is 0.0117. The van der Waals surface area contributed by atoms with E-state index >= 15 is 0 Å². The molecule has 14 nitrogen and oxygen atoms in total. The molecule has 5 N–H and O–H groups in total. The van der Waals surface area contributed by atoms with Crippen LogP contribution in [0.4, 0.5) is 11.4 Å². The Hall–Kier alpha value is -6.20. The monoisotopic (exact) mass is 1040 g/mol. The Morgan fingerprint density at radius 3 is 2.18 bits per heavy atom. The summed E-state index contributed by atoms with van der Waals surface area (Å²) < 4.78 is 34.7. The fourth-order valence-electron chi connectivity index (χ4n) is 10.5. The number of carbonyl (C=O) groups excluding carboxylic acids is 5. The van der Waals surface area contributed by atoms with Crippen molar-refractivity contribution < 1.29 is 41.5 Å². The largest absolute Gasteiger partial charge is 0.354 e. The van der Waals surface area contributed by atoms with E-state index in [9.17, 15) is 36.9 Å². The number of rotatable bonds is 24. The first-order chi connectivity index (χ1) is 35.2. The molecule has 0 saturated carbocycles. The molecule has 3 aliphatic heterocycles. The zero-order valence-corrected chi connectivity index (χ0v) is 45.1. The number of ketones is 1. The van der Waals surface area contributed by atoms with Gasteiger partial charge in [0.2, 0.25) is 29.3 Å². The number of imide groups is 1. The first kappa shape index (κ1) is 55.5. The second kappa shape index (κ2) is 24.0. The highest BCUT2D eigenvalue weighted by Crippen LogP contribution is 2.51. The van der Waals surface area contributed by atoms with E-state index in [1.165, 1.54) is 57.9 Å². The Morgan fingerprint density at radius 2 is 1.49 bits per heavy atom. The Labute approximate surface area is 440 Å². The van der Waals surface area contributed by atoms with Crippen molar-refractivity contribution in [2.24, 2.45) is 5.73 Å². The number of hydrogen-bond acceptors (Lipinski definition) is 10. The van der Waals surface area contributed by atoms with Gasteiger partial charge in [0, 0.05) is 79.2 Å². The number of thioether (sulfide) groups is 1. The van der Waals surface area contributed by atoms with E-state index in [1.807, 2.05) is 24.3 Å². The first-order valence-electron chi connectivity index (χ1n) is 25.6. The lowest BCUT2D eigenvalue weighted by Crippen LogP contribution is -2.48. The number of anilines is 1. The number of Topliss-reactive ketones (excluding diaryl/α,β-unsaturated/α-hetero) is 1. The number of unbranched alkanes of at least 4 members (excludes halogenated alkanes) is 3. The van der Waals surface area contributed by atoms with Gasteiger partial charge in [0.25, 0.3) is 10.1 Å². The van der Waals surface area contributed by atoms with Crippen LogP contribution in [-0.2, 0) is 44.9 Å². The third-order valence-corrected chi connectivity index (χ3v) is 16.4. The maximum absolute atomic E-state index is 13.1. The number of nitrogens with one attached hydrogen (secondary N) is 2. The van der Waals surface area contributed by atoms with Crippen LogP contribution in [0.15, 0.2) is 121 Å². The minimum atomic E-state index is -4.03. The summed E-state index contributed by atoms with van der Waals surface area (Å²) in [5.41, 5.74) is 12.1. The lowest BCUT2D eigenvalue weighted by atomic mass is 9.79. The van der Waals surface area contributed by atoms with Gasteiger partial charge in [-0.25, -0.2) is 0 Å². The van der Waals surface area contributed by atoms with E-state index in [-0.39, 0.29) is 65.4 Å². The topological polar surface area (TPSA) is 199 Å². The van der Waals surface area contributed by atoms with Gasteiger partial charge in [0.05, 0.1) is 28.5 Å². The van der Waals surface area contributed by atoms with Crippen LogP contribution in [-0.4, -0.2) is 113 Å². The number of nitrogens with zero attached hydrogens (tertiary/aromatic N) is 3. The predicted octanol–water partition coefficient (Wildman–Crippen LogP) is 8.35. The van der Waals surface area contributed by atoms with Crippen molar-refractivity contribution >= 4 is 89.9 Å². The molecule has 0 aromatic heterocycles. The average molecular weight is 1040 g/mol. The molecule has 0 radical (unpaired) electrons. The van der Waals surface area contributed by atoms with Crippen molar-refractivity contribution in [1.82, 2.24) is 15.5 Å². The Morgan fingerprint density at radius 1 is 0.824 bits per heavy atom. The van der Waals surface area contributed by atoms with Crippen molar-refractivity contribution in [3.8, 4) is 0 Å². The van der Waals surface area contributed by atoms with Gasteiger partial charge in [-0.15, -0.1) is 11.8 Å². The number of benzene rings is 4. The van der Waals surface area contributed by atoms with Crippen LogP contribution in [0.2, 0.25) is 0 Å². The van der Waals surface area contributed by atoms with Gasteiger partial charge < -0.3 is 21.3 Å². The molecule has 7 rings (SSSR count). The van der Waals surface area contributed by atoms with E-state index < -0.39 is 33.4 Å². The highest BCUT2D eigenvalue weighted by molar-refractivity contribution is 8.00. The zero-order valence-electron chi connectivity index (χ0n) is 43.4. The van der Waals surface area contributed by atoms with Gasteiger partial charge >= 0.3 is 0 Å². The number of allylic oxidation sites excluding steroid dienone is 8. The molecule has 74 heavy (non-hydrogen) atoms. The maximum Gasteiger partial charge on any atom is 0.264 e. The van der Waals surface area contributed by atoms with Crippen molar-refractivity contribution in [3.05, 3.63) is 132 Å². The molecule has 16 heteroatoms. The fraction of sp³-hybridized carbons (Fsp3) is 0.414. The molecule has 4 aromatic rings. The molecule has 1 unspecified atom stereocenters. The number of carbonyl (C=O) groups is 5. The molecule has 0 aliphatic carbocycles. The van der Waals surface area contributed by atoms with Crippen LogP contribution in [0.1, 0.15) is 97.6 Å². The number of fused-ring (bicyclic) bond motifs is 6. The van der Waals surface area contributed by atoms with Crippen LogP contribution < -0.4 is 21.3 Å². The van der Waals surface area contributed by atoms with Gasteiger partial charge in [-0.05, 0) is 98.7 Å². The second-order valence-corrected chi connectivity index (χ2v) is 23.3. The van der Waals surface area contributed by atoms with Gasteiger partial charge in [0.1, 0.15) is 6.54 Å². The summed E-state index contributed by atoms with van der Waals surface area (Å²) in [5, 5.41) is 9.56. The Bertz CT molecular complexity index is 3080. The van der Waals surface area contributed by atoms with Crippen LogP contribution in [0, 0.1) is 0 Å². The first-order valence-corrected chi connectivity index (χ1v) is 28.3. The van der Waals surface area contributed by atoms with Crippen molar-refractivity contribution in [1.29, 1.82) is 0 Å². The molecule has 392 valence electrons. The molecule has 4 aromatic carbocycles. The second-order valence-electron chi connectivity index (χ2n) is 20.5. The van der Waals surface area contributed by atoms with E-state index in [1.54, 1.807) is 0 Å². The summed E-state index contributed by atoms with van der Waals surface area (Å²) in [4.78, 5) is 66.4. The van der Waals surface area contributed by atoms with Gasteiger partial charge in [0.15, 0.2) is 11.5 Å². The third-order valence-electron chi connectivity index (χ3n) is 14.3. The summed E-state index contributed by atoms with van der Waals surface area (Å²) in [6.45, 7) is 13.5. The minimum Gasteiger partial charge on any atom is -0.354 e. The molecule has 0 bridgehead atoms. The van der Waals surface area contributed by atoms with Crippen molar-refractivity contribution in [2.45, 2.75) is 115 Å². The molecule has 4 amide bonds. The van der Waals surface area contributed by atoms with E-state index in [2.05, 4.69) is 139 Å². The predicted molar refractivity (Wildman–Crippen MR) is 298 cm³/mol. The van der Waals surface area contributed by atoms with Gasteiger partial charge in [-0.1, -0.05) is 98.8 Å². The van der Waals surface area contributed by atoms with Gasteiger partial charge in [-0.2, -0.15) is 13.0 Å². The number of hydrogen-bond donors (Lipinski definition) is 4. The molecule has 1 fully saturated rings. The number of amides is 4. The molecule has 3 heterocycles. The lowest BCUT2D eigenvalue weighted by Gasteiger charge is -2.27. The highest BCUT2D eigenvalue weighted by atomic mass is 32.2. The third kappa shape index (κ3) is 12.8. The molecular formula is C58H71N6O8S2+. The van der Waals surface area contributed by atoms with Gasteiger partial charge in [-0.3, -0.25) is 33.4 Å². The maximum atomic E-state index is 13.1. The summed E-state index contributed by atoms with van der Waals surface area (Å²) in [6.07, 6.45) is 18.2. The standard InChI is InChI=1S/C58H70N6O8S2/c1-39(59)55(68)61-45(40(2)65)38-73-48-37-52(67)64(56(48)69)35-32-60-51(66)27-13-10-18-33-62-46-30-28-41-21-14-16-23-43(41)53(46)57(3,4)49(62)25-11-8-7-9-12-26-50-58(5,6)54-44-24-17-15-22-42(44)29-31-47(54)63(50)34-19-20-36-74(70,71)72/h7-9,11-12,14-17,21-26,28-31,39,45,48H,10,13,18-20,27,32-38,59H2,1-6H3,(H2-,60,61,66,68,70,71,72)/p+1/t39-,45-,48?/m0/s1. The van der Waals surface area contributed by atoms with Crippen LogP contribution in [0.3, 0.4) is 0 Å².